The van der Waals surface area contributed by atoms with Gasteiger partial charge in [0.05, 0.1) is 0 Å². The summed E-state index contributed by atoms with van der Waals surface area (Å²) in [6.07, 6.45) is 7.09. The number of carbonyl (C=O) groups is 1. The molecule has 4 rings (SSSR count). The highest BCUT2D eigenvalue weighted by molar-refractivity contribution is 6.01. The molecule has 31 heavy (non-hydrogen) atoms. The van der Waals surface area contributed by atoms with E-state index >= 15 is 0 Å². The van der Waals surface area contributed by atoms with E-state index in [-0.39, 0.29) is 5.57 Å². The van der Waals surface area contributed by atoms with Gasteiger partial charge in [-0.3, -0.25) is 4.79 Å². The maximum atomic E-state index is 11.8. The molecule has 0 bridgehead atoms. The molecular formula is C24H20N6O. The van der Waals surface area contributed by atoms with Gasteiger partial charge < -0.3 is 15.6 Å². The molecule has 1 amide bonds. The summed E-state index contributed by atoms with van der Waals surface area (Å²) in [4.78, 5) is 23.9. The maximum Gasteiger partial charge on any atom is 0.261 e. The predicted molar refractivity (Wildman–Crippen MR) is 122 cm³/mol. The molecule has 3 heterocycles. The Bertz CT molecular complexity index is 1350. The van der Waals surface area contributed by atoms with Gasteiger partial charge in [0, 0.05) is 49.2 Å². The zero-order valence-corrected chi connectivity index (χ0v) is 17.1. The zero-order valence-electron chi connectivity index (χ0n) is 17.1. The third-order valence-corrected chi connectivity index (χ3v) is 4.98. The van der Waals surface area contributed by atoms with Crippen molar-refractivity contribution in [1.29, 1.82) is 5.26 Å². The lowest BCUT2D eigenvalue weighted by Crippen LogP contribution is -2.19. The van der Waals surface area contributed by atoms with E-state index in [4.69, 9.17) is 0 Å². The number of H-pyrrole nitrogens is 1. The second-order valence-corrected chi connectivity index (χ2v) is 6.88. The quantitative estimate of drug-likeness (QED) is 0.342. The number of pyridine rings is 2. The van der Waals surface area contributed by atoms with Crippen LogP contribution < -0.4 is 10.6 Å². The van der Waals surface area contributed by atoms with Crippen LogP contribution in [0.4, 0.5) is 5.82 Å². The summed E-state index contributed by atoms with van der Waals surface area (Å²) in [6, 6.07) is 15.6. The van der Waals surface area contributed by atoms with E-state index in [9.17, 15) is 10.1 Å². The topological polar surface area (TPSA) is 106 Å². The average molecular weight is 408 g/mol. The minimum Gasteiger partial charge on any atom is -0.373 e. The van der Waals surface area contributed by atoms with Gasteiger partial charge in [-0.05, 0) is 47.0 Å². The summed E-state index contributed by atoms with van der Waals surface area (Å²) in [7, 11) is 3.34. The number of hydrogen-bond donors (Lipinski definition) is 3. The molecule has 7 nitrogen and oxygen atoms in total. The molecule has 0 aliphatic rings. The van der Waals surface area contributed by atoms with Gasteiger partial charge in [-0.25, -0.2) is 9.97 Å². The fourth-order valence-corrected chi connectivity index (χ4v) is 3.39. The van der Waals surface area contributed by atoms with Crippen molar-refractivity contribution in [3.8, 4) is 28.3 Å². The minimum atomic E-state index is -0.411. The molecule has 4 aromatic rings. The number of aromatic nitrogens is 3. The molecule has 0 fully saturated rings. The van der Waals surface area contributed by atoms with E-state index in [0.717, 1.165) is 44.7 Å². The smallest absolute Gasteiger partial charge is 0.261 e. The summed E-state index contributed by atoms with van der Waals surface area (Å²) < 4.78 is 0. The van der Waals surface area contributed by atoms with Crippen LogP contribution in [0.1, 0.15) is 5.56 Å². The van der Waals surface area contributed by atoms with Gasteiger partial charge in [-0.2, -0.15) is 5.26 Å². The van der Waals surface area contributed by atoms with E-state index in [1.165, 1.54) is 7.05 Å². The van der Waals surface area contributed by atoms with Crippen LogP contribution in [-0.4, -0.2) is 35.0 Å². The fourth-order valence-electron chi connectivity index (χ4n) is 3.39. The van der Waals surface area contributed by atoms with Crippen molar-refractivity contribution >= 4 is 28.8 Å². The Labute approximate surface area is 179 Å². The molecule has 0 atom stereocenters. The number of nitrogens with one attached hydrogen (secondary N) is 3. The highest BCUT2D eigenvalue weighted by Gasteiger charge is 2.11. The van der Waals surface area contributed by atoms with Gasteiger partial charge in [0.2, 0.25) is 0 Å². The SMILES string of the molecule is CNC(=O)/C(C#N)=C/c1cccc(-c2cnc3[nH]cc(-c4ccnc(NC)c4)c3c2)c1. The first-order valence-electron chi connectivity index (χ1n) is 9.68. The van der Waals surface area contributed by atoms with Gasteiger partial charge in [-0.15, -0.1) is 0 Å². The van der Waals surface area contributed by atoms with Crippen LogP contribution in [0.25, 0.3) is 39.4 Å². The lowest BCUT2D eigenvalue weighted by Gasteiger charge is -2.06. The highest BCUT2D eigenvalue weighted by Crippen LogP contribution is 2.32. The molecule has 0 aliphatic carbocycles. The Kier molecular flexibility index (Phi) is 5.45. The summed E-state index contributed by atoms with van der Waals surface area (Å²) in [5.74, 6) is 0.381. The van der Waals surface area contributed by atoms with Gasteiger partial charge in [0.1, 0.15) is 23.1 Å². The lowest BCUT2D eigenvalue weighted by molar-refractivity contribution is -0.116. The number of nitrogens with zero attached hydrogens (tertiary/aromatic N) is 3. The number of amides is 1. The van der Waals surface area contributed by atoms with E-state index in [1.807, 2.05) is 55.7 Å². The summed E-state index contributed by atoms with van der Waals surface area (Å²) in [6.45, 7) is 0. The van der Waals surface area contributed by atoms with Gasteiger partial charge in [0.25, 0.3) is 5.91 Å². The first-order chi connectivity index (χ1) is 15.1. The zero-order chi connectivity index (χ0) is 21.8. The standard InChI is InChI=1S/C24H20N6O/c1-26-22-11-17(6-7-28-22)21-14-30-23-20(21)10-19(13-29-23)16-5-3-4-15(8-16)9-18(12-25)24(31)27-2/h3-11,13-14H,1-2H3,(H,26,28)(H,27,31)(H,29,30)/b18-9+. The van der Waals surface area contributed by atoms with Crippen LogP contribution in [0.15, 0.2) is 66.6 Å². The van der Waals surface area contributed by atoms with E-state index in [0.29, 0.717) is 0 Å². The molecule has 1 aromatic carbocycles. The van der Waals surface area contributed by atoms with Gasteiger partial charge in [-0.1, -0.05) is 18.2 Å². The number of rotatable bonds is 5. The van der Waals surface area contributed by atoms with Crippen LogP contribution in [0.2, 0.25) is 0 Å². The second-order valence-electron chi connectivity index (χ2n) is 6.88. The molecule has 7 heteroatoms. The molecular weight excluding hydrogens is 388 g/mol. The van der Waals surface area contributed by atoms with Crippen molar-refractivity contribution < 1.29 is 4.79 Å². The molecule has 0 spiro atoms. The first kappa shape index (κ1) is 19.9. The number of fused-ring (bicyclic) bond motifs is 1. The predicted octanol–water partition coefficient (Wildman–Crippen LogP) is 3.99. The van der Waals surface area contributed by atoms with Crippen LogP contribution in [-0.2, 0) is 4.79 Å². The number of nitriles is 1. The Morgan fingerprint density at radius 2 is 1.97 bits per heavy atom. The second kappa shape index (κ2) is 8.51. The number of carbonyl (C=O) groups excluding carboxylic acids is 1. The Hall–Kier alpha value is -4.44. The van der Waals surface area contributed by atoms with Crippen molar-refractivity contribution in [2.45, 2.75) is 0 Å². The molecule has 0 saturated heterocycles. The molecule has 0 radical (unpaired) electrons. The van der Waals surface area contributed by atoms with Crippen molar-refractivity contribution in [2.75, 3.05) is 19.4 Å². The normalized spacial score (nSPS) is 11.2. The molecule has 0 unspecified atom stereocenters. The first-order valence-corrected chi connectivity index (χ1v) is 9.68. The Morgan fingerprint density at radius 1 is 1.10 bits per heavy atom. The van der Waals surface area contributed by atoms with E-state index in [1.54, 1.807) is 18.5 Å². The molecule has 3 N–H and O–H groups in total. The van der Waals surface area contributed by atoms with Gasteiger partial charge in [0.15, 0.2) is 0 Å². The summed E-state index contributed by atoms with van der Waals surface area (Å²) in [5.41, 5.74) is 5.55. The Morgan fingerprint density at radius 3 is 2.74 bits per heavy atom. The van der Waals surface area contributed by atoms with Crippen molar-refractivity contribution in [2.24, 2.45) is 0 Å². The van der Waals surface area contributed by atoms with Crippen LogP contribution in [0.3, 0.4) is 0 Å². The van der Waals surface area contributed by atoms with Crippen LogP contribution >= 0.6 is 0 Å². The molecule has 152 valence electrons. The Balaban J connectivity index is 1.77. The monoisotopic (exact) mass is 408 g/mol. The maximum absolute atomic E-state index is 11.8. The minimum absolute atomic E-state index is 0.0548. The van der Waals surface area contributed by atoms with Gasteiger partial charge >= 0.3 is 0 Å². The van der Waals surface area contributed by atoms with Crippen LogP contribution in [0, 0.1) is 11.3 Å². The van der Waals surface area contributed by atoms with Crippen LogP contribution in [0.5, 0.6) is 0 Å². The number of anilines is 1. The summed E-state index contributed by atoms with van der Waals surface area (Å²) in [5, 5.41) is 15.8. The number of hydrogen-bond acceptors (Lipinski definition) is 5. The average Bonchev–Trinajstić information content (AvgIpc) is 3.25. The molecule has 0 saturated carbocycles. The molecule has 3 aromatic heterocycles. The summed E-state index contributed by atoms with van der Waals surface area (Å²) >= 11 is 0. The van der Waals surface area contributed by atoms with E-state index in [2.05, 4.69) is 31.7 Å². The fraction of sp³-hybridized carbons (Fsp3) is 0.0833. The number of likely N-dealkylation sites (N-methyl/N-ethyl adjacent to an activating group) is 1. The van der Waals surface area contributed by atoms with Crippen molar-refractivity contribution in [1.82, 2.24) is 20.3 Å². The lowest BCUT2D eigenvalue weighted by atomic mass is 10.0. The largest absolute Gasteiger partial charge is 0.373 e. The van der Waals surface area contributed by atoms with E-state index < -0.39 is 5.91 Å². The molecule has 0 aliphatic heterocycles. The van der Waals surface area contributed by atoms with Crippen molar-refractivity contribution in [3.05, 3.63) is 72.2 Å². The number of benzene rings is 1. The third kappa shape index (κ3) is 4.00. The third-order valence-electron chi connectivity index (χ3n) is 4.98. The van der Waals surface area contributed by atoms with Crippen molar-refractivity contribution in [3.63, 3.8) is 0 Å². The number of aromatic amines is 1. The highest BCUT2D eigenvalue weighted by atomic mass is 16.1.